The molecule has 0 bridgehead atoms. The number of anilines is 1. The van der Waals surface area contributed by atoms with Crippen LogP contribution in [0.3, 0.4) is 0 Å². The Morgan fingerprint density at radius 3 is 2.26 bits per heavy atom. The van der Waals surface area contributed by atoms with E-state index in [0.717, 1.165) is 0 Å². The van der Waals surface area contributed by atoms with E-state index in [-0.39, 0.29) is 23.4 Å². The summed E-state index contributed by atoms with van der Waals surface area (Å²) in [6.45, 7) is -0.00653. The van der Waals surface area contributed by atoms with Crippen LogP contribution in [-0.2, 0) is 11.3 Å². The number of para-hydroxylation sites is 4. The van der Waals surface area contributed by atoms with Crippen LogP contribution in [0.1, 0.15) is 0 Å². The van der Waals surface area contributed by atoms with Crippen LogP contribution in [-0.4, -0.2) is 30.2 Å². The number of nitrogens with one attached hydrogen (secondary N) is 2. The van der Waals surface area contributed by atoms with Gasteiger partial charge in [0, 0.05) is 10.8 Å². The molecule has 0 radical (unpaired) electrons. The van der Waals surface area contributed by atoms with E-state index in [2.05, 4.69) is 20.4 Å². The first-order valence-electron chi connectivity index (χ1n) is 10.9. The Morgan fingerprint density at radius 1 is 0.857 bits per heavy atom. The second-order valence-electron chi connectivity index (χ2n) is 8.04. The molecule has 2 N–H and O–H groups in total. The van der Waals surface area contributed by atoms with E-state index in [4.69, 9.17) is 0 Å². The van der Waals surface area contributed by atoms with Gasteiger partial charge in [-0.15, -0.1) is 0 Å². The van der Waals surface area contributed by atoms with Gasteiger partial charge in [-0.2, -0.15) is 5.10 Å². The Morgan fingerprint density at radius 2 is 1.51 bits per heavy atom. The topological polar surface area (TPSA) is 115 Å². The molecule has 0 unspecified atom stereocenters. The number of fused-ring (bicyclic) bond motifs is 3. The average molecular weight is 462 g/mol. The lowest BCUT2D eigenvalue weighted by atomic mass is 10.1. The standard InChI is InChI=1S/C26H18N6O3/c33-23(14-31-20-10-4-1-7-16(20)24(34)17-8-2-5-11-21(17)31)30-19-9-3-6-12-22(19)32-25-18(13-29-32)26(35)28-15-27-25/h1-13,15H,14H2,(H,30,33)(H,27,28,35). The number of aromatic amines is 1. The highest BCUT2D eigenvalue weighted by atomic mass is 16.2. The maximum Gasteiger partial charge on any atom is 0.261 e. The van der Waals surface area contributed by atoms with Gasteiger partial charge in [-0.3, -0.25) is 14.4 Å². The fourth-order valence-electron chi connectivity index (χ4n) is 4.38. The van der Waals surface area contributed by atoms with Gasteiger partial charge in [-0.05, 0) is 36.4 Å². The fraction of sp³-hybridized carbons (Fsp3) is 0.0385. The van der Waals surface area contributed by atoms with E-state index in [1.165, 1.54) is 17.2 Å². The molecular formula is C26H18N6O3. The Kier molecular flexibility index (Phi) is 4.74. The highest BCUT2D eigenvalue weighted by molar-refractivity contribution is 5.98. The molecule has 0 aliphatic heterocycles. The monoisotopic (exact) mass is 462 g/mol. The number of hydrogen-bond acceptors (Lipinski definition) is 5. The van der Waals surface area contributed by atoms with Crippen LogP contribution < -0.4 is 16.3 Å². The average Bonchev–Trinajstić information content (AvgIpc) is 3.32. The van der Waals surface area contributed by atoms with Crippen LogP contribution in [0.2, 0.25) is 0 Å². The third kappa shape index (κ3) is 3.37. The zero-order chi connectivity index (χ0) is 23.9. The number of hydrogen-bond donors (Lipinski definition) is 2. The molecule has 3 heterocycles. The molecule has 170 valence electrons. The van der Waals surface area contributed by atoms with E-state index in [1.54, 1.807) is 30.3 Å². The predicted molar refractivity (Wildman–Crippen MR) is 134 cm³/mol. The second kappa shape index (κ2) is 8.07. The number of carbonyl (C=O) groups is 1. The van der Waals surface area contributed by atoms with Crippen LogP contribution >= 0.6 is 0 Å². The smallest absolute Gasteiger partial charge is 0.261 e. The lowest BCUT2D eigenvalue weighted by molar-refractivity contribution is -0.116. The van der Waals surface area contributed by atoms with Crippen LogP contribution in [0.25, 0.3) is 38.5 Å². The lowest BCUT2D eigenvalue weighted by Crippen LogP contribution is -2.22. The number of aromatic nitrogens is 5. The highest BCUT2D eigenvalue weighted by Gasteiger charge is 2.16. The number of carbonyl (C=O) groups excluding carboxylic acids is 1. The first-order chi connectivity index (χ1) is 17.1. The third-order valence-electron chi connectivity index (χ3n) is 5.96. The van der Waals surface area contributed by atoms with Gasteiger partial charge in [0.25, 0.3) is 5.56 Å². The van der Waals surface area contributed by atoms with Crippen LogP contribution in [0.4, 0.5) is 5.69 Å². The van der Waals surface area contributed by atoms with Crippen molar-refractivity contribution < 1.29 is 4.79 Å². The van der Waals surface area contributed by atoms with Gasteiger partial charge in [0.1, 0.15) is 11.9 Å². The van der Waals surface area contributed by atoms with Gasteiger partial charge < -0.3 is 14.9 Å². The number of amides is 1. The van der Waals surface area contributed by atoms with Crippen LogP contribution in [0.15, 0.2) is 94.9 Å². The summed E-state index contributed by atoms with van der Waals surface area (Å²) in [5.74, 6) is -0.279. The fourth-order valence-corrected chi connectivity index (χ4v) is 4.38. The number of nitrogens with zero attached hydrogens (tertiary/aromatic N) is 4. The molecule has 0 aliphatic rings. The number of rotatable bonds is 4. The minimum absolute atomic E-state index is 0.00653. The van der Waals surface area contributed by atoms with Crippen molar-refractivity contribution in [2.24, 2.45) is 0 Å². The summed E-state index contributed by atoms with van der Waals surface area (Å²) in [7, 11) is 0. The minimum atomic E-state index is -0.292. The molecule has 1 amide bonds. The molecule has 0 saturated carbocycles. The Bertz CT molecular complexity index is 1820. The zero-order valence-electron chi connectivity index (χ0n) is 18.3. The second-order valence-corrected chi connectivity index (χ2v) is 8.04. The summed E-state index contributed by atoms with van der Waals surface area (Å²) in [5, 5.41) is 8.73. The number of benzene rings is 3. The molecule has 3 aromatic carbocycles. The van der Waals surface area contributed by atoms with Gasteiger partial charge in [-0.25, -0.2) is 9.67 Å². The first-order valence-corrected chi connectivity index (χ1v) is 10.9. The van der Waals surface area contributed by atoms with Gasteiger partial charge >= 0.3 is 0 Å². The van der Waals surface area contributed by atoms with Crippen molar-refractivity contribution in [3.05, 3.63) is 106 Å². The van der Waals surface area contributed by atoms with Crippen molar-refractivity contribution in [2.45, 2.75) is 6.54 Å². The first kappa shape index (κ1) is 20.5. The largest absolute Gasteiger partial charge is 0.331 e. The Hall–Kier alpha value is -5.05. The van der Waals surface area contributed by atoms with Gasteiger partial charge in [-0.1, -0.05) is 36.4 Å². The van der Waals surface area contributed by atoms with Crippen molar-refractivity contribution in [3.8, 4) is 5.69 Å². The van der Waals surface area contributed by atoms with E-state index < -0.39 is 0 Å². The summed E-state index contributed by atoms with van der Waals surface area (Å²) in [6.07, 6.45) is 2.76. The number of H-pyrrole nitrogens is 1. The quantitative estimate of drug-likeness (QED) is 0.391. The maximum atomic E-state index is 13.3. The molecule has 0 aliphatic carbocycles. The summed E-state index contributed by atoms with van der Waals surface area (Å²) in [4.78, 5) is 45.1. The molecule has 0 fully saturated rings. The van der Waals surface area contributed by atoms with Crippen LogP contribution in [0, 0.1) is 0 Å². The third-order valence-corrected chi connectivity index (χ3v) is 5.96. The van der Waals surface area contributed by atoms with Crippen molar-refractivity contribution in [3.63, 3.8) is 0 Å². The Balaban J connectivity index is 1.41. The highest BCUT2D eigenvalue weighted by Crippen LogP contribution is 2.23. The molecule has 0 spiro atoms. The molecular weight excluding hydrogens is 444 g/mol. The zero-order valence-corrected chi connectivity index (χ0v) is 18.3. The molecule has 9 nitrogen and oxygen atoms in total. The van der Waals surface area contributed by atoms with Crippen molar-refractivity contribution in [1.82, 2.24) is 24.3 Å². The number of pyridine rings is 1. The van der Waals surface area contributed by atoms with Gasteiger partial charge in [0.2, 0.25) is 5.91 Å². The lowest BCUT2D eigenvalue weighted by Gasteiger charge is -2.16. The molecule has 6 aromatic rings. The summed E-state index contributed by atoms with van der Waals surface area (Å²) < 4.78 is 3.36. The van der Waals surface area contributed by atoms with E-state index in [0.29, 0.717) is 44.2 Å². The normalized spacial score (nSPS) is 11.3. The van der Waals surface area contributed by atoms with Gasteiger partial charge in [0.05, 0.1) is 34.9 Å². The molecule has 9 heteroatoms. The molecule has 6 rings (SSSR count). The van der Waals surface area contributed by atoms with E-state index in [9.17, 15) is 14.4 Å². The predicted octanol–water partition coefficient (Wildman–Crippen LogP) is 3.22. The van der Waals surface area contributed by atoms with Gasteiger partial charge in [0.15, 0.2) is 11.1 Å². The van der Waals surface area contributed by atoms with Crippen LogP contribution in [0.5, 0.6) is 0 Å². The SMILES string of the molecule is O=C(Cn1c2ccccc2c(=O)c2ccccc21)Nc1ccccc1-n1ncc2c(=O)[nH]cnc21. The maximum absolute atomic E-state index is 13.3. The summed E-state index contributed by atoms with van der Waals surface area (Å²) in [5.41, 5.74) is 2.48. The van der Waals surface area contributed by atoms with Crippen molar-refractivity contribution in [2.75, 3.05) is 5.32 Å². The van der Waals surface area contributed by atoms with E-state index in [1.807, 2.05) is 47.0 Å². The molecule has 0 atom stereocenters. The molecule has 3 aromatic heterocycles. The summed E-state index contributed by atoms with van der Waals surface area (Å²) in [6, 6.07) is 21.7. The van der Waals surface area contributed by atoms with Crippen molar-refractivity contribution >= 4 is 44.4 Å². The molecule has 0 saturated heterocycles. The van der Waals surface area contributed by atoms with Crippen molar-refractivity contribution in [1.29, 1.82) is 0 Å². The Labute approximate surface area is 197 Å². The minimum Gasteiger partial charge on any atom is -0.331 e. The molecule has 35 heavy (non-hydrogen) atoms. The summed E-state index contributed by atoms with van der Waals surface area (Å²) >= 11 is 0. The van der Waals surface area contributed by atoms with E-state index >= 15 is 0 Å².